The van der Waals surface area contributed by atoms with Crippen molar-refractivity contribution in [1.29, 1.82) is 0 Å². The maximum Gasteiger partial charge on any atom is 0.253 e. The first-order valence-electron chi connectivity index (χ1n) is 9.74. The van der Waals surface area contributed by atoms with Crippen LogP contribution in [0.25, 0.3) is 0 Å². The minimum atomic E-state index is -0.333. The van der Waals surface area contributed by atoms with Gasteiger partial charge >= 0.3 is 0 Å². The molecule has 7 heteroatoms. The van der Waals surface area contributed by atoms with Crippen LogP contribution in [0.5, 0.6) is 0 Å². The number of hydrogen-bond donors (Lipinski definition) is 2. The number of amides is 4. The molecule has 1 saturated carbocycles. The predicted octanol–water partition coefficient (Wildman–Crippen LogP) is 1.86. The fraction of sp³-hybridized carbons (Fsp3) is 0.429. The van der Waals surface area contributed by atoms with Gasteiger partial charge in [-0.15, -0.1) is 0 Å². The third kappa shape index (κ3) is 3.69. The van der Waals surface area contributed by atoms with Crippen molar-refractivity contribution < 1.29 is 19.2 Å². The van der Waals surface area contributed by atoms with Gasteiger partial charge in [-0.25, -0.2) is 0 Å². The van der Waals surface area contributed by atoms with Crippen LogP contribution in [0.1, 0.15) is 42.5 Å². The van der Waals surface area contributed by atoms with E-state index in [1.54, 1.807) is 24.3 Å². The molecule has 146 valence electrons. The lowest BCUT2D eigenvalue weighted by Crippen LogP contribution is -2.34. The summed E-state index contributed by atoms with van der Waals surface area (Å²) in [5, 5.41) is 5.65. The van der Waals surface area contributed by atoms with Crippen molar-refractivity contribution in [2.45, 2.75) is 38.1 Å². The maximum atomic E-state index is 12.5. The Morgan fingerprint density at radius 3 is 2.29 bits per heavy atom. The number of nitrogens with one attached hydrogen (secondary N) is 2. The quantitative estimate of drug-likeness (QED) is 0.581. The van der Waals surface area contributed by atoms with Gasteiger partial charge in [-0.05, 0) is 37.8 Å². The third-order valence-electron chi connectivity index (χ3n) is 5.52. The minimum Gasteiger partial charge on any atom is -0.349 e. The van der Waals surface area contributed by atoms with E-state index in [0.29, 0.717) is 24.1 Å². The van der Waals surface area contributed by atoms with Crippen molar-refractivity contribution >= 4 is 29.3 Å². The highest BCUT2D eigenvalue weighted by Crippen LogP contribution is 2.35. The Balaban J connectivity index is 1.36. The molecule has 2 N–H and O–H groups in total. The number of likely N-dealkylation sites (tertiary alicyclic amines) is 1. The molecule has 0 radical (unpaired) electrons. The van der Waals surface area contributed by atoms with Crippen LogP contribution in [0.4, 0.5) is 5.69 Å². The van der Waals surface area contributed by atoms with E-state index in [0.717, 1.165) is 12.8 Å². The normalized spacial score (nSPS) is 23.5. The van der Waals surface area contributed by atoms with Crippen LogP contribution < -0.4 is 10.6 Å². The maximum absolute atomic E-state index is 12.5. The number of allylic oxidation sites excluding steroid dienone is 2. The molecule has 1 heterocycles. The van der Waals surface area contributed by atoms with Crippen LogP contribution in [0, 0.1) is 11.8 Å². The zero-order valence-electron chi connectivity index (χ0n) is 15.5. The Morgan fingerprint density at radius 1 is 1.00 bits per heavy atom. The predicted molar refractivity (Wildman–Crippen MR) is 102 cm³/mol. The summed E-state index contributed by atoms with van der Waals surface area (Å²) in [5.41, 5.74) is 0.843. The number of hydrogen-bond acceptors (Lipinski definition) is 4. The van der Waals surface area contributed by atoms with E-state index < -0.39 is 0 Å². The molecule has 28 heavy (non-hydrogen) atoms. The van der Waals surface area contributed by atoms with E-state index in [-0.39, 0.29) is 54.5 Å². The molecule has 2 fully saturated rings. The average Bonchev–Trinajstić information content (AvgIpc) is 3.48. The molecular formula is C21H23N3O4. The number of anilines is 1. The zero-order chi connectivity index (χ0) is 19.7. The van der Waals surface area contributed by atoms with Crippen LogP contribution in [0.15, 0.2) is 36.4 Å². The number of nitrogens with zero attached hydrogens (tertiary/aromatic N) is 1. The first kappa shape index (κ1) is 18.4. The van der Waals surface area contributed by atoms with Gasteiger partial charge in [0.2, 0.25) is 17.7 Å². The summed E-state index contributed by atoms with van der Waals surface area (Å²) in [6, 6.07) is 7.05. The van der Waals surface area contributed by atoms with Gasteiger partial charge in [0.1, 0.15) is 0 Å². The highest BCUT2D eigenvalue weighted by Gasteiger charge is 2.46. The summed E-state index contributed by atoms with van der Waals surface area (Å²) < 4.78 is 0. The van der Waals surface area contributed by atoms with E-state index in [2.05, 4.69) is 10.6 Å². The fourth-order valence-corrected chi connectivity index (χ4v) is 3.80. The van der Waals surface area contributed by atoms with Crippen LogP contribution in [-0.2, 0) is 14.4 Å². The number of fused-ring (bicyclic) bond motifs is 1. The third-order valence-corrected chi connectivity index (χ3v) is 5.52. The first-order valence-corrected chi connectivity index (χ1v) is 9.74. The van der Waals surface area contributed by atoms with Crippen LogP contribution in [-0.4, -0.2) is 41.1 Å². The molecule has 0 aromatic heterocycles. The molecule has 1 saturated heterocycles. The molecule has 2 atom stereocenters. The molecule has 0 spiro atoms. The monoisotopic (exact) mass is 381 g/mol. The number of carbonyl (C=O) groups is 4. The lowest BCUT2D eigenvalue weighted by Gasteiger charge is -2.15. The Kier molecular flexibility index (Phi) is 4.98. The van der Waals surface area contributed by atoms with E-state index in [1.807, 2.05) is 12.2 Å². The van der Waals surface area contributed by atoms with Crippen LogP contribution in [0.2, 0.25) is 0 Å². The highest BCUT2D eigenvalue weighted by molar-refractivity contribution is 6.06. The standard InChI is InChI=1S/C21H23N3O4/c25-18(11-12-24-20(27)14-5-1-2-6-15(14)21(24)28)23-17-8-4-3-7-16(17)19(26)22-13-9-10-13/h1-4,7-8,13-15H,5-6,9-12H2,(H,22,26)(H,23,25)/t14-,15+. The summed E-state index contributed by atoms with van der Waals surface area (Å²) in [7, 11) is 0. The van der Waals surface area contributed by atoms with Gasteiger partial charge in [-0.3, -0.25) is 24.1 Å². The van der Waals surface area contributed by atoms with Gasteiger partial charge in [-0.1, -0.05) is 24.3 Å². The molecule has 2 aliphatic carbocycles. The topological polar surface area (TPSA) is 95.6 Å². The minimum absolute atomic E-state index is 0.00290. The molecule has 7 nitrogen and oxygen atoms in total. The van der Waals surface area contributed by atoms with Gasteiger partial charge in [0.05, 0.1) is 23.1 Å². The van der Waals surface area contributed by atoms with Crippen molar-refractivity contribution in [2.24, 2.45) is 11.8 Å². The molecule has 0 bridgehead atoms. The first-order chi connectivity index (χ1) is 13.5. The van der Waals surface area contributed by atoms with E-state index >= 15 is 0 Å². The van der Waals surface area contributed by atoms with Crippen molar-refractivity contribution in [3.63, 3.8) is 0 Å². The molecule has 0 unspecified atom stereocenters. The summed E-state index contributed by atoms with van der Waals surface area (Å²) in [6.45, 7) is 0.0624. The van der Waals surface area contributed by atoms with E-state index in [4.69, 9.17) is 0 Å². The van der Waals surface area contributed by atoms with Gasteiger partial charge in [0.15, 0.2) is 0 Å². The second kappa shape index (κ2) is 7.58. The van der Waals surface area contributed by atoms with Crippen molar-refractivity contribution in [2.75, 3.05) is 11.9 Å². The van der Waals surface area contributed by atoms with Gasteiger partial charge < -0.3 is 10.6 Å². The number of imide groups is 1. The molecule has 4 amide bonds. The van der Waals surface area contributed by atoms with Crippen molar-refractivity contribution in [3.8, 4) is 0 Å². The molecule has 1 aliphatic heterocycles. The Hall–Kier alpha value is -2.96. The lowest BCUT2D eigenvalue weighted by molar-refractivity contribution is -0.140. The molecule has 1 aromatic rings. The molecule has 3 aliphatic rings. The molecule has 1 aromatic carbocycles. The van der Waals surface area contributed by atoms with E-state index in [1.165, 1.54) is 4.90 Å². The fourth-order valence-electron chi connectivity index (χ4n) is 3.80. The second-order valence-corrected chi connectivity index (χ2v) is 7.58. The molecular weight excluding hydrogens is 358 g/mol. The summed E-state index contributed by atoms with van der Waals surface area (Å²) in [5.74, 6) is -1.48. The van der Waals surface area contributed by atoms with Crippen LogP contribution in [0.3, 0.4) is 0 Å². The number of benzene rings is 1. The van der Waals surface area contributed by atoms with Gasteiger partial charge in [-0.2, -0.15) is 0 Å². The smallest absolute Gasteiger partial charge is 0.253 e. The van der Waals surface area contributed by atoms with Gasteiger partial charge in [0, 0.05) is 19.0 Å². The van der Waals surface area contributed by atoms with E-state index in [9.17, 15) is 19.2 Å². The Morgan fingerprint density at radius 2 is 1.64 bits per heavy atom. The van der Waals surface area contributed by atoms with Crippen molar-refractivity contribution in [3.05, 3.63) is 42.0 Å². The molecule has 4 rings (SSSR count). The Labute approximate surface area is 163 Å². The number of para-hydroxylation sites is 1. The summed E-state index contributed by atoms with van der Waals surface area (Å²) in [4.78, 5) is 50.9. The van der Waals surface area contributed by atoms with Gasteiger partial charge in [0.25, 0.3) is 5.91 Å². The largest absolute Gasteiger partial charge is 0.349 e. The van der Waals surface area contributed by atoms with Crippen molar-refractivity contribution in [1.82, 2.24) is 10.2 Å². The average molecular weight is 381 g/mol. The number of rotatable bonds is 6. The SMILES string of the molecule is O=C(CCN1C(=O)[C@H]2CC=CC[C@H]2C1=O)Nc1ccccc1C(=O)NC1CC1. The zero-order valence-corrected chi connectivity index (χ0v) is 15.5. The second-order valence-electron chi connectivity index (χ2n) is 7.58. The summed E-state index contributed by atoms with van der Waals surface area (Å²) >= 11 is 0. The Bertz CT molecular complexity index is 833. The van der Waals surface area contributed by atoms with Crippen LogP contribution >= 0.6 is 0 Å². The number of carbonyl (C=O) groups excluding carboxylic acids is 4. The summed E-state index contributed by atoms with van der Waals surface area (Å²) in [6.07, 6.45) is 7.01. The lowest BCUT2D eigenvalue weighted by atomic mass is 9.85. The highest BCUT2D eigenvalue weighted by atomic mass is 16.2.